The molecule has 3 aromatic rings. The van der Waals surface area contributed by atoms with Crippen molar-refractivity contribution in [1.29, 1.82) is 0 Å². The van der Waals surface area contributed by atoms with Crippen LogP contribution in [0.15, 0.2) is 47.1 Å². The highest BCUT2D eigenvalue weighted by Crippen LogP contribution is 2.30. The molecule has 3 heterocycles. The molecule has 2 aromatic heterocycles. The first-order chi connectivity index (χ1) is 13.1. The number of furan rings is 1. The largest absolute Gasteiger partial charge is 0.459 e. The average Bonchev–Trinajstić information content (AvgIpc) is 3.22. The lowest BCUT2D eigenvalue weighted by Gasteiger charge is -2.33. The maximum absolute atomic E-state index is 12.7. The van der Waals surface area contributed by atoms with Crippen molar-refractivity contribution in [3.05, 3.63) is 48.4 Å². The van der Waals surface area contributed by atoms with Gasteiger partial charge in [-0.25, -0.2) is 9.97 Å². The van der Waals surface area contributed by atoms with E-state index in [2.05, 4.69) is 15.3 Å². The fourth-order valence-electron chi connectivity index (χ4n) is 3.04. The Kier molecular flexibility index (Phi) is 4.45. The molecule has 0 saturated carbocycles. The number of amides is 2. The molecule has 8 heteroatoms. The van der Waals surface area contributed by atoms with Gasteiger partial charge >= 0.3 is 0 Å². The number of nitrogens with zero attached hydrogens (tertiary/aromatic N) is 4. The smallest absolute Gasteiger partial charge is 0.286 e. The highest BCUT2D eigenvalue weighted by Gasteiger charge is 2.28. The lowest BCUT2D eigenvalue weighted by molar-refractivity contribution is -0.118. The number of fused-ring (bicyclic) bond motifs is 2. The van der Waals surface area contributed by atoms with Crippen molar-refractivity contribution in [3.8, 4) is 0 Å². The highest BCUT2D eigenvalue weighted by atomic mass is 16.3. The lowest BCUT2D eigenvalue weighted by atomic mass is 10.2. The summed E-state index contributed by atoms with van der Waals surface area (Å²) in [4.78, 5) is 37.6. The fourth-order valence-corrected chi connectivity index (χ4v) is 3.04. The van der Waals surface area contributed by atoms with Crippen LogP contribution in [0.2, 0.25) is 0 Å². The van der Waals surface area contributed by atoms with Gasteiger partial charge in [0.25, 0.3) is 5.91 Å². The number of anilines is 2. The minimum Gasteiger partial charge on any atom is -0.459 e. The van der Waals surface area contributed by atoms with Crippen LogP contribution < -0.4 is 15.1 Å². The van der Waals surface area contributed by atoms with Crippen LogP contribution in [0.3, 0.4) is 0 Å². The summed E-state index contributed by atoms with van der Waals surface area (Å²) < 4.78 is 5.04. The molecule has 0 unspecified atom stereocenters. The number of nitrogens with one attached hydrogen (secondary N) is 1. The van der Waals surface area contributed by atoms with Crippen molar-refractivity contribution in [2.75, 3.05) is 36.5 Å². The molecule has 1 aliphatic rings. The van der Waals surface area contributed by atoms with Crippen molar-refractivity contribution < 1.29 is 14.0 Å². The second-order valence-corrected chi connectivity index (χ2v) is 6.31. The van der Waals surface area contributed by atoms with E-state index in [9.17, 15) is 9.59 Å². The average molecular weight is 365 g/mol. The number of hydrogen-bond donors (Lipinski definition) is 1. The molecule has 0 saturated heterocycles. The molecule has 27 heavy (non-hydrogen) atoms. The van der Waals surface area contributed by atoms with Crippen molar-refractivity contribution >= 4 is 34.5 Å². The number of carbonyl (C=O) groups excluding carboxylic acids is 2. The zero-order chi connectivity index (χ0) is 18.8. The normalized spacial score (nSPS) is 13.5. The Balaban J connectivity index is 1.49. The van der Waals surface area contributed by atoms with E-state index in [1.165, 1.54) is 6.26 Å². The van der Waals surface area contributed by atoms with E-state index < -0.39 is 0 Å². The molecule has 8 nitrogen and oxygen atoms in total. The fraction of sp³-hybridized carbons (Fsp3) is 0.263. The molecular formula is C19H19N5O3. The van der Waals surface area contributed by atoms with Gasteiger partial charge in [0.05, 0.1) is 17.3 Å². The molecule has 0 bridgehead atoms. The molecule has 138 valence electrons. The zero-order valence-corrected chi connectivity index (χ0v) is 14.9. The van der Waals surface area contributed by atoms with Crippen molar-refractivity contribution in [2.45, 2.75) is 6.42 Å². The predicted molar refractivity (Wildman–Crippen MR) is 101 cm³/mol. The summed E-state index contributed by atoms with van der Waals surface area (Å²) in [6.45, 7) is 1.42. The predicted octanol–water partition coefficient (Wildman–Crippen LogP) is 1.83. The summed E-state index contributed by atoms with van der Waals surface area (Å²) >= 11 is 0. The third kappa shape index (κ3) is 3.33. The van der Waals surface area contributed by atoms with Gasteiger partial charge in [0.15, 0.2) is 17.4 Å². The Hall–Kier alpha value is -3.42. The Labute approximate surface area is 155 Å². The number of rotatable bonds is 4. The number of hydrogen-bond acceptors (Lipinski definition) is 6. The molecule has 0 radical (unpaired) electrons. The number of carbonyl (C=O) groups is 2. The molecule has 1 N–H and O–H groups in total. The maximum Gasteiger partial charge on any atom is 0.286 e. The van der Waals surface area contributed by atoms with Crippen LogP contribution in [0.25, 0.3) is 11.0 Å². The van der Waals surface area contributed by atoms with Crippen molar-refractivity contribution in [2.24, 2.45) is 0 Å². The van der Waals surface area contributed by atoms with Crippen LogP contribution in [0, 0.1) is 0 Å². The molecular weight excluding hydrogens is 346 g/mol. The minimum absolute atomic E-state index is 0.103. The summed E-state index contributed by atoms with van der Waals surface area (Å²) in [5.41, 5.74) is 1.54. The molecule has 1 aliphatic heterocycles. The second kappa shape index (κ2) is 7.06. The van der Waals surface area contributed by atoms with E-state index >= 15 is 0 Å². The molecule has 4 rings (SSSR count). The van der Waals surface area contributed by atoms with Crippen LogP contribution in [-0.4, -0.2) is 48.5 Å². The molecule has 2 amide bonds. The molecule has 0 fully saturated rings. The van der Waals surface area contributed by atoms with E-state index in [0.29, 0.717) is 24.7 Å². The zero-order valence-electron chi connectivity index (χ0n) is 14.9. The lowest BCUT2D eigenvalue weighted by Crippen LogP contribution is -2.44. The van der Waals surface area contributed by atoms with Crippen molar-refractivity contribution in [3.63, 3.8) is 0 Å². The molecule has 0 spiro atoms. The van der Waals surface area contributed by atoms with Gasteiger partial charge in [0.2, 0.25) is 5.91 Å². The monoisotopic (exact) mass is 365 g/mol. The topological polar surface area (TPSA) is 91.6 Å². The Morgan fingerprint density at radius 1 is 1.07 bits per heavy atom. The van der Waals surface area contributed by atoms with Crippen LogP contribution in [0.1, 0.15) is 17.0 Å². The highest BCUT2D eigenvalue weighted by molar-refractivity contribution is 5.98. The van der Waals surface area contributed by atoms with Crippen LogP contribution in [-0.2, 0) is 4.79 Å². The SMILES string of the molecule is CN1CCN(C(=O)CCNC(=O)c2ccco2)c2nc3ccccc3nc21. The number of para-hydroxylation sites is 2. The molecule has 0 atom stereocenters. The summed E-state index contributed by atoms with van der Waals surface area (Å²) in [5.74, 6) is 1.04. The second-order valence-electron chi connectivity index (χ2n) is 6.31. The van der Waals surface area contributed by atoms with E-state index in [1.807, 2.05) is 36.2 Å². The first-order valence-corrected chi connectivity index (χ1v) is 8.73. The van der Waals surface area contributed by atoms with E-state index in [1.54, 1.807) is 17.0 Å². The first-order valence-electron chi connectivity index (χ1n) is 8.73. The van der Waals surface area contributed by atoms with E-state index in [-0.39, 0.29) is 30.5 Å². The van der Waals surface area contributed by atoms with Crippen LogP contribution in [0.5, 0.6) is 0 Å². The van der Waals surface area contributed by atoms with Crippen LogP contribution in [0.4, 0.5) is 11.6 Å². The van der Waals surface area contributed by atoms with Crippen molar-refractivity contribution in [1.82, 2.24) is 15.3 Å². The first kappa shape index (κ1) is 17.0. The summed E-state index contributed by atoms with van der Waals surface area (Å²) in [6, 6.07) is 10.8. The number of aromatic nitrogens is 2. The van der Waals surface area contributed by atoms with Crippen LogP contribution >= 0.6 is 0 Å². The minimum atomic E-state index is -0.336. The summed E-state index contributed by atoms with van der Waals surface area (Å²) in [6.07, 6.45) is 1.61. The third-order valence-electron chi connectivity index (χ3n) is 4.48. The molecule has 1 aromatic carbocycles. The van der Waals surface area contributed by atoms with Gasteiger partial charge in [-0.05, 0) is 24.3 Å². The van der Waals surface area contributed by atoms with Gasteiger partial charge in [-0.2, -0.15) is 0 Å². The number of benzene rings is 1. The van der Waals surface area contributed by atoms with Gasteiger partial charge in [-0.3, -0.25) is 14.5 Å². The molecule has 0 aliphatic carbocycles. The van der Waals surface area contributed by atoms with Gasteiger partial charge in [-0.1, -0.05) is 12.1 Å². The maximum atomic E-state index is 12.7. The third-order valence-corrected chi connectivity index (χ3v) is 4.48. The summed E-state index contributed by atoms with van der Waals surface area (Å²) in [7, 11) is 1.94. The van der Waals surface area contributed by atoms with E-state index in [4.69, 9.17) is 4.42 Å². The van der Waals surface area contributed by atoms with Gasteiger partial charge in [0.1, 0.15) is 0 Å². The quantitative estimate of drug-likeness (QED) is 0.758. The summed E-state index contributed by atoms with van der Waals surface area (Å²) in [5, 5.41) is 2.69. The Morgan fingerprint density at radius 2 is 1.81 bits per heavy atom. The van der Waals surface area contributed by atoms with Gasteiger partial charge in [0, 0.05) is 33.1 Å². The van der Waals surface area contributed by atoms with Gasteiger partial charge < -0.3 is 14.6 Å². The van der Waals surface area contributed by atoms with Gasteiger partial charge in [-0.15, -0.1) is 0 Å². The Morgan fingerprint density at radius 3 is 2.52 bits per heavy atom. The number of likely N-dealkylation sites (N-methyl/N-ethyl adjacent to an activating group) is 1. The standard InChI is InChI=1S/C19H19N5O3/c1-23-10-11-24(16(25)8-9-20-19(26)15-7-4-12-27-15)18-17(23)21-13-5-2-3-6-14(13)22-18/h2-7,12H,8-11H2,1H3,(H,20,26). The Bertz CT molecular complexity index is 986. The van der Waals surface area contributed by atoms with E-state index in [0.717, 1.165) is 11.0 Å².